The van der Waals surface area contributed by atoms with Crippen LogP contribution in [0.4, 0.5) is 4.39 Å². The number of halogens is 1. The molecule has 0 atom stereocenters. The van der Waals surface area contributed by atoms with E-state index >= 15 is 0 Å². The molecule has 21 heavy (non-hydrogen) atoms. The normalized spacial score (nSPS) is 10.8. The van der Waals surface area contributed by atoms with E-state index in [4.69, 9.17) is 0 Å². The van der Waals surface area contributed by atoms with E-state index in [1.807, 2.05) is 17.7 Å². The zero-order chi connectivity index (χ0) is 14.8. The standard InChI is InChI=1S/C17H15FN2Se/c1-12-17(21-16-6-4-3-5-7-16)13(2)20(19-12)15-10-8-14(18)9-11-15/h3-11H,1-2H3. The Kier molecular flexibility index (Phi) is 3.91. The summed E-state index contributed by atoms with van der Waals surface area (Å²) in [5, 5.41) is 4.62. The SMILES string of the molecule is Cc1nn(-c2ccc(F)cc2)c(C)c1[Se]c1ccccc1. The second-order valence-corrected chi connectivity index (χ2v) is 7.08. The van der Waals surface area contributed by atoms with Gasteiger partial charge in [-0.2, -0.15) is 0 Å². The van der Waals surface area contributed by atoms with Crippen molar-refractivity contribution in [3.63, 3.8) is 0 Å². The van der Waals surface area contributed by atoms with Gasteiger partial charge in [0.15, 0.2) is 0 Å². The van der Waals surface area contributed by atoms with Gasteiger partial charge in [0.1, 0.15) is 0 Å². The van der Waals surface area contributed by atoms with Crippen LogP contribution in [0.5, 0.6) is 0 Å². The van der Waals surface area contributed by atoms with Crippen LogP contribution in [0.2, 0.25) is 0 Å². The molecule has 2 aromatic carbocycles. The van der Waals surface area contributed by atoms with Gasteiger partial charge in [-0.3, -0.25) is 0 Å². The maximum atomic E-state index is 13.0. The molecule has 2 nitrogen and oxygen atoms in total. The summed E-state index contributed by atoms with van der Waals surface area (Å²) in [7, 11) is 0. The van der Waals surface area contributed by atoms with Gasteiger partial charge >= 0.3 is 129 Å². The predicted octanol–water partition coefficient (Wildman–Crippen LogP) is 2.28. The Morgan fingerprint density at radius 2 is 1.62 bits per heavy atom. The van der Waals surface area contributed by atoms with Crippen LogP contribution in [0.25, 0.3) is 5.69 Å². The van der Waals surface area contributed by atoms with Crippen LogP contribution >= 0.6 is 0 Å². The van der Waals surface area contributed by atoms with Crippen molar-refractivity contribution in [2.45, 2.75) is 13.8 Å². The number of aromatic nitrogens is 2. The predicted molar refractivity (Wildman–Crippen MR) is 84.5 cm³/mol. The van der Waals surface area contributed by atoms with Gasteiger partial charge in [-0.25, -0.2) is 0 Å². The van der Waals surface area contributed by atoms with Gasteiger partial charge in [0.25, 0.3) is 0 Å². The van der Waals surface area contributed by atoms with Crippen molar-refractivity contribution >= 4 is 23.9 Å². The Balaban J connectivity index is 1.98. The molecule has 0 radical (unpaired) electrons. The van der Waals surface area contributed by atoms with Crippen molar-refractivity contribution in [3.05, 3.63) is 71.8 Å². The molecular weight excluding hydrogens is 330 g/mol. The fourth-order valence-electron chi connectivity index (χ4n) is 2.22. The third-order valence-corrected chi connectivity index (χ3v) is 5.99. The number of hydrogen-bond acceptors (Lipinski definition) is 1. The third kappa shape index (κ3) is 2.92. The van der Waals surface area contributed by atoms with Crippen LogP contribution in [0.3, 0.4) is 0 Å². The van der Waals surface area contributed by atoms with Gasteiger partial charge in [0.2, 0.25) is 0 Å². The average molecular weight is 345 g/mol. The first-order valence-corrected chi connectivity index (χ1v) is 8.41. The van der Waals surface area contributed by atoms with Crippen LogP contribution < -0.4 is 8.92 Å². The van der Waals surface area contributed by atoms with Crippen LogP contribution in [-0.4, -0.2) is 24.7 Å². The summed E-state index contributed by atoms with van der Waals surface area (Å²) in [5.41, 5.74) is 3.07. The summed E-state index contributed by atoms with van der Waals surface area (Å²) >= 11 is 0.230. The van der Waals surface area contributed by atoms with E-state index in [9.17, 15) is 4.39 Å². The quantitative estimate of drug-likeness (QED) is 0.666. The van der Waals surface area contributed by atoms with E-state index in [-0.39, 0.29) is 20.8 Å². The molecule has 0 saturated heterocycles. The fourth-order valence-corrected chi connectivity index (χ4v) is 4.21. The van der Waals surface area contributed by atoms with E-state index in [1.165, 1.54) is 21.1 Å². The molecular formula is C17H15FN2Se. The summed E-state index contributed by atoms with van der Waals surface area (Å²) in [5.74, 6) is -0.228. The molecule has 1 aromatic heterocycles. The minimum absolute atomic E-state index is 0.228. The zero-order valence-corrected chi connectivity index (χ0v) is 13.6. The van der Waals surface area contributed by atoms with Crippen LogP contribution in [-0.2, 0) is 0 Å². The van der Waals surface area contributed by atoms with Crippen LogP contribution in [0.15, 0.2) is 54.6 Å². The second kappa shape index (κ2) is 5.84. The molecule has 0 aliphatic heterocycles. The van der Waals surface area contributed by atoms with Crippen molar-refractivity contribution in [1.29, 1.82) is 0 Å². The molecule has 106 valence electrons. The molecule has 4 heteroatoms. The van der Waals surface area contributed by atoms with Gasteiger partial charge in [0, 0.05) is 0 Å². The van der Waals surface area contributed by atoms with Crippen molar-refractivity contribution < 1.29 is 4.39 Å². The average Bonchev–Trinajstić information content (AvgIpc) is 2.77. The molecule has 3 rings (SSSR count). The Bertz CT molecular complexity index is 748. The Morgan fingerprint density at radius 3 is 2.29 bits per heavy atom. The Morgan fingerprint density at radius 1 is 0.952 bits per heavy atom. The zero-order valence-electron chi connectivity index (χ0n) is 11.9. The van der Waals surface area contributed by atoms with E-state index in [0.29, 0.717) is 0 Å². The molecule has 0 amide bonds. The monoisotopic (exact) mass is 346 g/mol. The summed E-state index contributed by atoms with van der Waals surface area (Å²) in [6.07, 6.45) is 0. The molecule has 0 spiro atoms. The first kappa shape index (κ1) is 14.1. The molecule has 0 bridgehead atoms. The first-order chi connectivity index (χ1) is 10.1. The number of hydrogen-bond donors (Lipinski definition) is 0. The third-order valence-electron chi connectivity index (χ3n) is 3.26. The molecule has 0 N–H and O–H groups in total. The molecule has 1 heterocycles. The van der Waals surface area contributed by atoms with E-state index in [2.05, 4.69) is 36.3 Å². The molecule has 3 aromatic rings. The molecule has 0 aliphatic rings. The number of benzene rings is 2. The summed E-state index contributed by atoms with van der Waals surface area (Å²) < 4.78 is 17.6. The summed E-state index contributed by atoms with van der Waals surface area (Å²) in [4.78, 5) is 0. The van der Waals surface area contributed by atoms with Gasteiger partial charge in [0.05, 0.1) is 0 Å². The fraction of sp³-hybridized carbons (Fsp3) is 0.118. The first-order valence-electron chi connectivity index (χ1n) is 6.70. The van der Waals surface area contributed by atoms with Crippen molar-refractivity contribution in [1.82, 2.24) is 9.78 Å². The molecule has 0 aliphatic carbocycles. The van der Waals surface area contributed by atoms with Crippen molar-refractivity contribution in [3.8, 4) is 5.69 Å². The van der Waals surface area contributed by atoms with E-state index in [1.54, 1.807) is 12.1 Å². The number of nitrogens with zero attached hydrogens (tertiary/aromatic N) is 2. The molecule has 0 saturated carbocycles. The second-order valence-electron chi connectivity index (χ2n) is 4.80. The topological polar surface area (TPSA) is 17.8 Å². The van der Waals surface area contributed by atoms with Gasteiger partial charge < -0.3 is 0 Å². The van der Waals surface area contributed by atoms with Crippen molar-refractivity contribution in [2.24, 2.45) is 0 Å². The van der Waals surface area contributed by atoms with Crippen LogP contribution in [0, 0.1) is 19.7 Å². The Labute approximate surface area is 129 Å². The van der Waals surface area contributed by atoms with E-state index in [0.717, 1.165) is 17.1 Å². The molecule has 0 fully saturated rings. The van der Waals surface area contributed by atoms with Crippen LogP contribution in [0.1, 0.15) is 11.4 Å². The summed E-state index contributed by atoms with van der Waals surface area (Å²) in [6, 6.07) is 16.9. The number of aryl methyl sites for hydroxylation is 1. The van der Waals surface area contributed by atoms with Gasteiger partial charge in [-0.15, -0.1) is 0 Å². The maximum absolute atomic E-state index is 13.0. The Hall–Kier alpha value is -1.90. The van der Waals surface area contributed by atoms with Gasteiger partial charge in [-0.05, 0) is 0 Å². The van der Waals surface area contributed by atoms with Gasteiger partial charge in [-0.1, -0.05) is 0 Å². The van der Waals surface area contributed by atoms with Crippen molar-refractivity contribution in [2.75, 3.05) is 0 Å². The minimum atomic E-state index is -0.228. The summed E-state index contributed by atoms with van der Waals surface area (Å²) in [6.45, 7) is 4.11. The molecule has 0 unspecified atom stereocenters. The number of rotatable bonds is 3. The van der Waals surface area contributed by atoms with E-state index < -0.39 is 0 Å².